The smallest absolute Gasteiger partial charge is 0.253 e. The number of amides is 1. The highest BCUT2D eigenvalue weighted by Gasteiger charge is 2.28. The number of likely N-dealkylation sites (N-methyl/N-ethyl adjacent to an activating group) is 1. The van der Waals surface area contributed by atoms with E-state index in [9.17, 15) is 4.79 Å². The van der Waals surface area contributed by atoms with Crippen LogP contribution < -0.4 is 20.3 Å². The lowest BCUT2D eigenvalue weighted by Crippen LogP contribution is -2.34. The molecule has 6 rings (SSSR count). The number of fused-ring (bicyclic) bond motifs is 2. The summed E-state index contributed by atoms with van der Waals surface area (Å²) in [5.41, 5.74) is 6.94. The van der Waals surface area contributed by atoms with Crippen molar-refractivity contribution in [2.45, 2.75) is 32.4 Å². The Kier molecular flexibility index (Phi) is 6.49. The fraction of sp³-hybridized carbons (Fsp3) is 0.429. The van der Waals surface area contributed by atoms with E-state index in [4.69, 9.17) is 9.72 Å². The third kappa shape index (κ3) is 4.71. The summed E-state index contributed by atoms with van der Waals surface area (Å²) in [7, 11) is 4.14. The van der Waals surface area contributed by atoms with Gasteiger partial charge in [0.2, 0.25) is 11.8 Å². The zero-order valence-electron chi connectivity index (χ0n) is 22.2. The maximum absolute atomic E-state index is 12.9. The molecule has 1 atom stereocenters. The van der Waals surface area contributed by atoms with Gasteiger partial charge in [-0.15, -0.1) is 0 Å². The molecule has 3 aliphatic heterocycles. The van der Waals surface area contributed by atoms with Crippen LogP contribution in [0.15, 0.2) is 36.7 Å². The number of anilines is 4. The van der Waals surface area contributed by atoms with Gasteiger partial charge in [0, 0.05) is 55.2 Å². The highest BCUT2D eigenvalue weighted by atomic mass is 16.5. The minimum atomic E-state index is 0.0831. The van der Waals surface area contributed by atoms with Gasteiger partial charge >= 0.3 is 0 Å². The summed E-state index contributed by atoms with van der Waals surface area (Å²) in [6.45, 7) is 6.67. The van der Waals surface area contributed by atoms with Crippen LogP contribution in [0, 0.1) is 6.92 Å². The molecule has 1 fully saturated rings. The zero-order valence-corrected chi connectivity index (χ0v) is 22.2. The van der Waals surface area contributed by atoms with Crippen molar-refractivity contribution in [2.24, 2.45) is 0 Å². The number of likely N-dealkylation sites (tertiary alicyclic amines) is 1. The summed E-state index contributed by atoms with van der Waals surface area (Å²) in [6.07, 6.45) is 5.71. The molecule has 1 amide bonds. The molecule has 3 aliphatic rings. The van der Waals surface area contributed by atoms with Crippen LogP contribution >= 0.6 is 0 Å². The van der Waals surface area contributed by atoms with Crippen molar-refractivity contribution in [1.82, 2.24) is 24.8 Å². The van der Waals surface area contributed by atoms with E-state index in [1.807, 2.05) is 41.6 Å². The molecule has 0 unspecified atom stereocenters. The van der Waals surface area contributed by atoms with E-state index >= 15 is 0 Å². The van der Waals surface area contributed by atoms with Crippen LogP contribution in [0.5, 0.6) is 5.88 Å². The Bertz CT molecular complexity index is 1340. The molecule has 198 valence electrons. The number of aromatic nitrogens is 3. The molecule has 5 heterocycles. The predicted octanol–water partition coefficient (Wildman–Crippen LogP) is 3.07. The number of hydrogen-bond acceptors (Lipinski definition) is 9. The Hall–Kier alpha value is -3.92. The molecule has 10 heteroatoms. The summed E-state index contributed by atoms with van der Waals surface area (Å²) in [5, 5.41) is 6.73. The third-order valence-corrected chi connectivity index (χ3v) is 7.78. The van der Waals surface area contributed by atoms with Crippen LogP contribution in [0.1, 0.15) is 33.6 Å². The molecule has 1 aromatic carbocycles. The molecule has 2 aromatic heterocycles. The van der Waals surface area contributed by atoms with Crippen LogP contribution in [0.4, 0.5) is 23.0 Å². The number of rotatable bonds is 5. The molecular formula is C28H34N8O2. The van der Waals surface area contributed by atoms with E-state index in [2.05, 4.69) is 51.4 Å². The highest BCUT2D eigenvalue weighted by molar-refractivity contribution is 5.94. The van der Waals surface area contributed by atoms with Crippen molar-refractivity contribution in [3.05, 3.63) is 59.0 Å². The number of pyridine rings is 1. The largest absolute Gasteiger partial charge is 0.474 e. The number of nitrogens with zero attached hydrogens (tertiary/aromatic N) is 6. The molecule has 3 aromatic rings. The van der Waals surface area contributed by atoms with E-state index in [-0.39, 0.29) is 5.91 Å². The molecule has 38 heavy (non-hydrogen) atoms. The van der Waals surface area contributed by atoms with Crippen molar-refractivity contribution in [1.29, 1.82) is 0 Å². The summed E-state index contributed by atoms with van der Waals surface area (Å²) in [5.74, 6) is 1.31. The van der Waals surface area contributed by atoms with Gasteiger partial charge in [0.1, 0.15) is 12.3 Å². The van der Waals surface area contributed by atoms with E-state index in [0.29, 0.717) is 36.6 Å². The molecule has 2 N–H and O–H groups in total. The second-order valence-corrected chi connectivity index (χ2v) is 10.4. The number of benzene rings is 1. The topological polar surface area (TPSA) is 98.8 Å². The lowest BCUT2D eigenvalue weighted by atomic mass is 10.0. The number of carbonyl (C=O) groups excluding carboxylic acids is 1. The molecular weight excluding hydrogens is 480 g/mol. The Labute approximate surface area is 223 Å². The van der Waals surface area contributed by atoms with Gasteiger partial charge in [-0.05, 0) is 63.7 Å². The SMILES string of the molecule is Cc1c(N2CCc3cnc(Nc4ccc(C(=O)N5CC[C@@H](N(C)C)C5)cc4)nc3C2)cnc2c1NCCO2. The van der Waals surface area contributed by atoms with Crippen LogP contribution in [0.3, 0.4) is 0 Å². The quantitative estimate of drug-likeness (QED) is 0.532. The lowest BCUT2D eigenvalue weighted by molar-refractivity contribution is 0.0783. The van der Waals surface area contributed by atoms with Gasteiger partial charge in [0.15, 0.2) is 0 Å². The normalized spacial score (nSPS) is 18.5. The van der Waals surface area contributed by atoms with Gasteiger partial charge in [-0.3, -0.25) is 4.79 Å². The van der Waals surface area contributed by atoms with Crippen molar-refractivity contribution in [2.75, 3.05) is 62.4 Å². The predicted molar refractivity (Wildman–Crippen MR) is 147 cm³/mol. The van der Waals surface area contributed by atoms with Crippen molar-refractivity contribution < 1.29 is 9.53 Å². The van der Waals surface area contributed by atoms with Gasteiger partial charge in [-0.2, -0.15) is 0 Å². The average Bonchev–Trinajstić information content (AvgIpc) is 3.44. The standard InChI is InChI=1S/C28H34N8O2/c1-18-24(15-30-26-25(18)29-10-13-38-26)35-11-8-20-14-31-28(33-23(20)17-35)32-21-6-4-19(5-7-21)27(37)36-12-9-22(16-36)34(2)3/h4-7,14-15,22,29H,8-13,16-17H2,1-3H3,(H,31,32,33)/t22-/m1/s1. The minimum Gasteiger partial charge on any atom is -0.474 e. The van der Waals surface area contributed by atoms with Gasteiger partial charge < -0.3 is 30.1 Å². The Morgan fingerprint density at radius 2 is 2.00 bits per heavy atom. The van der Waals surface area contributed by atoms with Gasteiger partial charge in [-0.25, -0.2) is 15.0 Å². The Morgan fingerprint density at radius 3 is 2.79 bits per heavy atom. The summed E-state index contributed by atoms with van der Waals surface area (Å²) >= 11 is 0. The first-order chi connectivity index (χ1) is 18.5. The molecule has 1 saturated heterocycles. The van der Waals surface area contributed by atoms with Gasteiger partial charge in [0.25, 0.3) is 5.91 Å². The Balaban J connectivity index is 1.13. The minimum absolute atomic E-state index is 0.0831. The van der Waals surface area contributed by atoms with Crippen LogP contribution in [0.2, 0.25) is 0 Å². The second kappa shape index (κ2) is 10.1. The molecule has 0 radical (unpaired) electrons. The van der Waals surface area contributed by atoms with Gasteiger partial charge in [0.05, 0.1) is 24.1 Å². The van der Waals surface area contributed by atoms with Gasteiger partial charge in [-0.1, -0.05) is 0 Å². The van der Waals surface area contributed by atoms with Crippen LogP contribution in [-0.4, -0.2) is 83.6 Å². The second-order valence-electron chi connectivity index (χ2n) is 10.4. The van der Waals surface area contributed by atoms with Crippen LogP contribution in [0.25, 0.3) is 0 Å². The van der Waals surface area contributed by atoms with Crippen molar-refractivity contribution in [3.8, 4) is 5.88 Å². The fourth-order valence-electron chi connectivity index (χ4n) is 5.45. The molecule has 0 saturated carbocycles. The molecule has 0 spiro atoms. The Morgan fingerprint density at radius 1 is 1.16 bits per heavy atom. The summed E-state index contributed by atoms with van der Waals surface area (Å²) in [6, 6.07) is 8.00. The number of ether oxygens (including phenoxy) is 1. The maximum atomic E-state index is 12.9. The fourth-order valence-corrected chi connectivity index (χ4v) is 5.45. The number of hydrogen-bond donors (Lipinski definition) is 2. The van der Waals surface area contributed by atoms with Crippen molar-refractivity contribution >= 4 is 28.9 Å². The molecule has 0 bridgehead atoms. The number of nitrogens with one attached hydrogen (secondary N) is 2. The number of carbonyl (C=O) groups is 1. The first-order valence-electron chi connectivity index (χ1n) is 13.2. The molecule has 10 nitrogen and oxygen atoms in total. The third-order valence-electron chi connectivity index (χ3n) is 7.78. The first kappa shape index (κ1) is 24.4. The lowest BCUT2D eigenvalue weighted by Gasteiger charge is -2.32. The van der Waals surface area contributed by atoms with E-state index in [1.165, 1.54) is 5.56 Å². The van der Waals surface area contributed by atoms with E-state index < -0.39 is 0 Å². The average molecular weight is 515 g/mol. The zero-order chi connectivity index (χ0) is 26.2. The maximum Gasteiger partial charge on any atom is 0.253 e. The van der Waals surface area contributed by atoms with E-state index in [0.717, 1.165) is 67.3 Å². The monoisotopic (exact) mass is 514 g/mol. The summed E-state index contributed by atoms with van der Waals surface area (Å²) in [4.78, 5) is 33.3. The molecule has 0 aliphatic carbocycles. The summed E-state index contributed by atoms with van der Waals surface area (Å²) < 4.78 is 5.69. The highest BCUT2D eigenvalue weighted by Crippen LogP contribution is 2.36. The van der Waals surface area contributed by atoms with E-state index in [1.54, 1.807) is 0 Å². The van der Waals surface area contributed by atoms with Crippen molar-refractivity contribution in [3.63, 3.8) is 0 Å². The van der Waals surface area contributed by atoms with Crippen LogP contribution in [-0.2, 0) is 13.0 Å². The first-order valence-corrected chi connectivity index (χ1v) is 13.2.